The van der Waals surface area contributed by atoms with Gasteiger partial charge in [-0.05, 0) is 6.42 Å². The molecule has 17 heavy (non-hydrogen) atoms. The number of hydrogen-bond donors (Lipinski definition) is 4. The average Bonchev–Trinajstić information content (AvgIpc) is 2.29. The molecule has 0 bridgehead atoms. The molecule has 0 rings (SSSR count). The van der Waals surface area contributed by atoms with Gasteiger partial charge in [-0.25, -0.2) is 5.48 Å². The molecule has 0 aromatic heterocycles. The lowest BCUT2D eigenvalue weighted by Gasteiger charge is -2.12. The van der Waals surface area contributed by atoms with E-state index in [1.165, 1.54) is 5.48 Å². The molecule has 96 valence electrons. The highest BCUT2D eigenvalue weighted by atomic mass is 16.5. The highest BCUT2D eigenvalue weighted by Crippen LogP contribution is 2.09. The zero-order valence-electron chi connectivity index (χ0n) is 9.66. The molecule has 0 radical (unpaired) electrons. The highest BCUT2D eigenvalue weighted by molar-refractivity contribution is 6.46. The number of nitrogens with one attached hydrogen (secondary N) is 2. The van der Waals surface area contributed by atoms with Crippen LogP contribution in [-0.2, 0) is 14.4 Å². The van der Waals surface area contributed by atoms with Crippen molar-refractivity contribution in [3.63, 3.8) is 0 Å². The molecule has 1 unspecified atom stereocenters. The summed E-state index contributed by atoms with van der Waals surface area (Å²) >= 11 is 0. The molecular formula is C10H17N3O4. The number of nitrogens with two attached hydrogens (primary N) is 1. The molecule has 0 fully saturated rings. The molecule has 0 aromatic carbocycles. The first-order valence-electron chi connectivity index (χ1n) is 5.30. The van der Waals surface area contributed by atoms with Gasteiger partial charge in [-0.1, -0.05) is 19.8 Å². The predicted octanol–water partition coefficient (Wildman–Crippen LogP) is -0.238. The van der Waals surface area contributed by atoms with Gasteiger partial charge in [0.15, 0.2) is 5.78 Å². The fraction of sp³-hybridized carbons (Fsp3) is 0.600. The molecule has 2 amide bonds. The van der Waals surface area contributed by atoms with Crippen LogP contribution in [0.1, 0.15) is 32.6 Å². The van der Waals surface area contributed by atoms with E-state index in [1.54, 1.807) is 0 Å². The summed E-state index contributed by atoms with van der Waals surface area (Å²) in [5, 5.41) is 15.7. The number of unbranched alkanes of at least 4 members (excludes halogenated alkanes) is 2. The van der Waals surface area contributed by atoms with Gasteiger partial charge in [0.25, 0.3) is 11.8 Å². The van der Waals surface area contributed by atoms with Crippen LogP contribution >= 0.6 is 0 Å². The number of amides is 2. The number of rotatable bonds is 8. The number of hydrogen-bond acceptors (Lipinski definition) is 5. The smallest absolute Gasteiger partial charge is 0.263 e. The van der Waals surface area contributed by atoms with Gasteiger partial charge in [-0.3, -0.25) is 25.0 Å². The lowest BCUT2D eigenvalue weighted by molar-refractivity contribution is -0.137. The third-order valence-corrected chi connectivity index (χ3v) is 2.28. The van der Waals surface area contributed by atoms with Gasteiger partial charge in [0, 0.05) is 6.42 Å². The van der Waals surface area contributed by atoms with E-state index in [1.807, 2.05) is 6.92 Å². The molecule has 0 aliphatic rings. The van der Waals surface area contributed by atoms with Crippen LogP contribution in [0.5, 0.6) is 0 Å². The van der Waals surface area contributed by atoms with Crippen molar-refractivity contribution in [2.24, 2.45) is 11.7 Å². The van der Waals surface area contributed by atoms with Crippen LogP contribution in [-0.4, -0.2) is 28.5 Å². The van der Waals surface area contributed by atoms with Gasteiger partial charge in [-0.2, -0.15) is 0 Å². The lowest BCUT2D eigenvalue weighted by atomic mass is 9.93. The van der Waals surface area contributed by atoms with Gasteiger partial charge in [0.1, 0.15) is 11.6 Å². The first-order valence-corrected chi connectivity index (χ1v) is 5.30. The minimum atomic E-state index is -1.62. The van der Waals surface area contributed by atoms with Crippen molar-refractivity contribution in [1.29, 1.82) is 5.41 Å². The summed E-state index contributed by atoms with van der Waals surface area (Å²) in [7, 11) is 0. The molecule has 0 spiro atoms. The van der Waals surface area contributed by atoms with Crippen molar-refractivity contribution in [3.05, 3.63) is 0 Å². The molecule has 0 saturated heterocycles. The van der Waals surface area contributed by atoms with E-state index < -0.39 is 29.2 Å². The normalized spacial score (nSPS) is 11.6. The predicted molar refractivity (Wildman–Crippen MR) is 59.5 cm³/mol. The van der Waals surface area contributed by atoms with Gasteiger partial charge in [0.2, 0.25) is 0 Å². The van der Waals surface area contributed by atoms with E-state index in [0.717, 1.165) is 12.8 Å². The summed E-state index contributed by atoms with van der Waals surface area (Å²) < 4.78 is 0. The third kappa shape index (κ3) is 4.73. The summed E-state index contributed by atoms with van der Waals surface area (Å²) in [6.45, 7) is 1.95. The molecule has 0 heterocycles. The topological polar surface area (TPSA) is 133 Å². The first kappa shape index (κ1) is 15.2. The SMILES string of the molecule is CCCCCC(=O)C(C(=N)C(N)=O)C(=O)NO. The molecule has 0 saturated carbocycles. The Balaban J connectivity index is 4.69. The molecule has 0 aliphatic heterocycles. The maximum Gasteiger partial charge on any atom is 0.263 e. The Kier molecular flexibility index (Phi) is 6.73. The second kappa shape index (κ2) is 7.50. The van der Waals surface area contributed by atoms with Crippen LogP contribution in [0.2, 0.25) is 0 Å². The quantitative estimate of drug-likeness (QED) is 0.154. The first-order chi connectivity index (χ1) is 7.95. The molecule has 7 nitrogen and oxygen atoms in total. The Morgan fingerprint density at radius 2 is 1.94 bits per heavy atom. The minimum Gasteiger partial charge on any atom is -0.365 e. The Morgan fingerprint density at radius 1 is 1.35 bits per heavy atom. The third-order valence-electron chi connectivity index (χ3n) is 2.28. The lowest BCUT2D eigenvalue weighted by Crippen LogP contribution is -2.43. The van der Waals surface area contributed by atoms with E-state index in [4.69, 9.17) is 16.4 Å². The molecule has 0 aromatic rings. The molecule has 0 aliphatic carbocycles. The standard InChI is InChI=1S/C10H17N3O4/c1-2-3-4-5-6(14)7(10(16)13-17)8(11)9(12)15/h7,11,17H,2-5H2,1H3,(H2,12,15)(H,13,16). The van der Waals surface area contributed by atoms with Crippen LogP contribution in [0.25, 0.3) is 0 Å². The fourth-order valence-electron chi connectivity index (χ4n) is 1.34. The number of ketones is 1. The summed E-state index contributed by atoms with van der Waals surface area (Å²) in [5.41, 5.74) is 5.30. The Hall–Kier alpha value is -1.76. The van der Waals surface area contributed by atoms with E-state index in [2.05, 4.69) is 0 Å². The molecule has 1 atom stereocenters. The van der Waals surface area contributed by atoms with Crippen molar-refractivity contribution >= 4 is 23.3 Å². The molecular weight excluding hydrogens is 226 g/mol. The van der Waals surface area contributed by atoms with E-state index in [-0.39, 0.29) is 6.42 Å². The number of carbonyl (C=O) groups excluding carboxylic acids is 3. The van der Waals surface area contributed by atoms with E-state index in [0.29, 0.717) is 6.42 Å². The van der Waals surface area contributed by atoms with E-state index in [9.17, 15) is 14.4 Å². The van der Waals surface area contributed by atoms with Gasteiger partial charge >= 0.3 is 0 Å². The summed E-state index contributed by atoms with van der Waals surface area (Å²) in [6.07, 6.45) is 2.35. The van der Waals surface area contributed by atoms with Gasteiger partial charge in [-0.15, -0.1) is 0 Å². The number of primary amides is 1. The zero-order valence-corrected chi connectivity index (χ0v) is 9.66. The highest BCUT2D eigenvalue weighted by Gasteiger charge is 2.32. The monoisotopic (exact) mass is 243 g/mol. The Morgan fingerprint density at radius 3 is 2.35 bits per heavy atom. The number of hydroxylamine groups is 1. The Labute approximate surface area is 98.8 Å². The number of carbonyl (C=O) groups is 3. The van der Waals surface area contributed by atoms with Crippen LogP contribution in [0.4, 0.5) is 0 Å². The van der Waals surface area contributed by atoms with Crippen molar-refractivity contribution in [2.75, 3.05) is 0 Å². The van der Waals surface area contributed by atoms with Crippen molar-refractivity contribution in [2.45, 2.75) is 32.6 Å². The maximum atomic E-state index is 11.6. The fourth-order valence-corrected chi connectivity index (χ4v) is 1.34. The summed E-state index contributed by atoms with van der Waals surface area (Å²) in [4.78, 5) is 33.6. The summed E-state index contributed by atoms with van der Waals surface area (Å²) in [5.74, 6) is -4.46. The van der Waals surface area contributed by atoms with Crippen molar-refractivity contribution in [3.8, 4) is 0 Å². The van der Waals surface area contributed by atoms with Crippen molar-refractivity contribution in [1.82, 2.24) is 5.48 Å². The largest absolute Gasteiger partial charge is 0.365 e. The van der Waals surface area contributed by atoms with Crippen LogP contribution in [0.15, 0.2) is 0 Å². The minimum absolute atomic E-state index is 0.0710. The molecule has 7 heteroatoms. The van der Waals surface area contributed by atoms with Crippen LogP contribution in [0, 0.1) is 11.3 Å². The van der Waals surface area contributed by atoms with Crippen molar-refractivity contribution < 1.29 is 19.6 Å². The average molecular weight is 243 g/mol. The van der Waals surface area contributed by atoms with Crippen LogP contribution in [0.3, 0.4) is 0 Å². The second-order valence-electron chi connectivity index (χ2n) is 3.61. The number of Topliss-reactive ketones (excluding diaryl/α,β-unsaturated/α-hetero) is 1. The van der Waals surface area contributed by atoms with Crippen LogP contribution < -0.4 is 11.2 Å². The second-order valence-corrected chi connectivity index (χ2v) is 3.61. The van der Waals surface area contributed by atoms with Gasteiger partial charge in [0.05, 0.1) is 0 Å². The van der Waals surface area contributed by atoms with E-state index >= 15 is 0 Å². The van der Waals surface area contributed by atoms with Gasteiger partial charge < -0.3 is 5.73 Å². The zero-order chi connectivity index (χ0) is 13.4. The Bertz CT molecular complexity index is 328. The molecule has 5 N–H and O–H groups in total. The maximum absolute atomic E-state index is 11.6. The summed E-state index contributed by atoms with van der Waals surface area (Å²) in [6, 6.07) is 0.